The molecule has 0 aliphatic heterocycles. The van der Waals surface area contributed by atoms with E-state index >= 15 is 0 Å². The fraction of sp³-hybridized carbons (Fsp3) is 0.889. The van der Waals surface area contributed by atoms with E-state index in [1.807, 2.05) is 6.92 Å². The van der Waals surface area contributed by atoms with E-state index in [9.17, 15) is 13.2 Å². The zero-order chi connectivity index (χ0) is 12.8. The van der Waals surface area contributed by atoms with Crippen molar-refractivity contribution in [3.05, 3.63) is 0 Å². The highest BCUT2D eigenvalue weighted by atomic mass is 32.2. The van der Waals surface area contributed by atoms with Crippen LogP contribution >= 0.6 is 0 Å². The molecule has 0 aliphatic carbocycles. The van der Waals surface area contributed by atoms with Crippen LogP contribution in [0.1, 0.15) is 27.2 Å². The van der Waals surface area contributed by atoms with Crippen LogP contribution in [-0.4, -0.2) is 32.6 Å². The van der Waals surface area contributed by atoms with Crippen molar-refractivity contribution in [3.63, 3.8) is 0 Å². The number of carbonyl (C=O) groups is 1. The number of hydrogen-bond donors (Lipinski definition) is 3. The van der Waals surface area contributed by atoms with Crippen molar-refractivity contribution < 1.29 is 18.3 Å². The van der Waals surface area contributed by atoms with E-state index in [-0.39, 0.29) is 12.5 Å². The van der Waals surface area contributed by atoms with Gasteiger partial charge in [-0.3, -0.25) is 4.79 Å². The minimum Gasteiger partial charge on any atom is -0.481 e. The highest BCUT2D eigenvalue weighted by Crippen LogP contribution is 2.09. The van der Waals surface area contributed by atoms with Crippen LogP contribution in [0.25, 0.3) is 0 Å². The van der Waals surface area contributed by atoms with Gasteiger partial charge in [-0.2, -0.15) is 8.42 Å². The molecule has 0 saturated carbocycles. The number of nitrogens with one attached hydrogen (secondary N) is 2. The second-order valence-corrected chi connectivity index (χ2v) is 5.52. The maximum Gasteiger partial charge on any atom is 0.308 e. The molecule has 16 heavy (non-hydrogen) atoms. The number of rotatable bonds is 8. The fourth-order valence-corrected chi connectivity index (χ4v) is 2.07. The third-order valence-corrected chi connectivity index (χ3v) is 3.29. The Morgan fingerprint density at radius 3 is 2.25 bits per heavy atom. The Balaban J connectivity index is 4.25. The minimum absolute atomic E-state index is 0.0912. The monoisotopic (exact) mass is 252 g/mol. The Kier molecular flexibility index (Phi) is 6.54. The molecular formula is C9H20N2O4S. The molecule has 0 aromatic carbocycles. The van der Waals surface area contributed by atoms with Crippen LogP contribution in [0.4, 0.5) is 0 Å². The van der Waals surface area contributed by atoms with Gasteiger partial charge in [0, 0.05) is 13.1 Å². The molecule has 0 heterocycles. The van der Waals surface area contributed by atoms with Crippen molar-refractivity contribution in [2.24, 2.45) is 11.8 Å². The molecule has 1 unspecified atom stereocenters. The summed E-state index contributed by atoms with van der Waals surface area (Å²) in [5.74, 6) is -1.82. The molecular weight excluding hydrogens is 232 g/mol. The number of carboxylic acid groups (broad SMARTS) is 1. The first-order valence-corrected chi connectivity index (χ1v) is 6.75. The zero-order valence-corrected chi connectivity index (χ0v) is 10.7. The van der Waals surface area contributed by atoms with Crippen LogP contribution in [0, 0.1) is 11.8 Å². The topological polar surface area (TPSA) is 95.5 Å². The summed E-state index contributed by atoms with van der Waals surface area (Å²) in [5, 5.41) is 8.86. The van der Waals surface area contributed by atoms with Gasteiger partial charge in [0.05, 0.1) is 5.92 Å². The van der Waals surface area contributed by atoms with Gasteiger partial charge < -0.3 is 5.11 Å². The normalized spacial score (nSPS) is 14.0. The van der Waals surface area contributed by atoms with Crippen molar-refractivity contribution in [1.29, 1.82) is 0 Å². The van der Waals surface area contributed by atoms with Crippen LogP contribution in [0.15, 0.2) is 0 Å². The summed E-state index contributed by atoms with van der Waals surface area (Å²) < 4.78 is 27.2. The largest absolute Gasteiger partial charge is 0.481 e. The SMILES string of the molecule is CCCNS(=O)(=O)NCC(C(=O)O)C(C)C. The fourth-order valence-electron chi connectivity index (χ4n) is 1.10. The zero-order valence-electron chi connectivity index (χ0n) is 9.86. The first-order chi connectivity index (χ1) is 7.30. The summed E-state index contributed by atoms with van der Waals surface area (Å²) in [4.78, 5) is 10.8. The molecule has 96 valence electrons. The first kappa shape index (κ1) is 15.3. The van der Waals surface area contributed by atoms with Crippen LogP contribution in [0.3, 0.4) is 0 Å². The lowest BCUT2D eigenvalue weighted by Crippen LogP contribution is -2.42. The van der Waals surface area contributed by atoms with Gasteiger partial charge in [0.2, 0.25) is 0 Å². The lowest BCUT2D eigenvalue weighted by atomic mass is 9.97. The summed E-state index contributed by atoms with van der Waals surface area (Å²) in [6.45, 7) is 5.58. The number of aliphatic carboxylic acids is 1. The molecule has 0 aliphatic rings. The van der Waals surface area contributed by atoms with Crippen LogP contribution < -0.4 is 9.44 Å². The molecule has 0 amide bonds. The Hall–Kier alpha value is -0.660. The molecule has 0 rings (SSSR count). The molecule has 0 aromatic heterocycles. The van der Waals surface area contributed by atoms with Gasteiger partial charge in [-0.1, -0.05) is 20.8 Å². The smallest absolute Gasteiger partial charge is 0.308 e. The molecule has 0 fully saturated rings. The van der Waals surface area contributed by atoms with Gasteiger partial charge in [-0.05, 0) is 12.3 Å². The third kappa shape index (κ3) is 6.04. The Morgan fingerprint density at radius 2 is 1.88 bits per heavy atom. The third-order valence-electron chi connectivity index (χ3n) is 2.16. The maximum atomic E-state index is 11.3. The molecule has 0 spiro atoms. The quantitative estimate of drug-likeness (QED) is 0.574. The molecule has 6 nitrogen and oxygen atoms in total. The van der Waals surface area contributed by atoms with Crippen molar-refractivity contribution in [2.75, 3.05) is 13.1 Å². The van der Waals surface area contributed by atoms with Crippen molar-refractivity contribution >= 4 is 16.2 Å². The van der Waals surface area contributed by atoms with Gasteiger partial charge in [-0.15, -0.1) is 0 Å². The van der Waals surface area contributed by atoms with E-state index in [1.54, 1.807) is 13.8 Å². The second-order valence-electron chi connectivity index (χ2n) is 3.93. The highest BCUT2D eigenvalue weighted by molar-refractivity contribution is 7.87. The Morgan fingerprint density at radius 1 is 1.31 bits per heavy atom. The van der Waals surface area contributed by atoms with Gasteiger partial charge in [0.15, 0.2) is 0 Å². The van der Waals surface area contributed by atoms with Gasteiger partial charge in [-0.25, -0.2) is 9.44 Å². The van der Waals surface area contributed by atoms with Crippen LogP contribution in [0.2, 0.25) is 0 Å². The van der Waals surface area contributed by atoms with Crippen molar-refractivity contribution in [1.82, 2.24) is 9.44 Å². The van der Waals surface area contributed by atoms with Gasteiger partial charge in [0.25, 0.3) is 10.2 Å². The number of carboxylic acids is 1. The molecule has 3 N–H and O–H groups in total. The second kappa shape index (κ2) is 6.82. The number of hydrogen-bond acceptors (Lipinski definition) is 3. The van der Waals surface area contributed by atoms with E-state index in [0.29, 0.717) is 13.0 Å². The van der Waals surface area contributed by atoms with Crippen molar-refractivity contribution in [2.45, 2.75) is 27.2 Å². The first-order valence-electron chi connectivity index (χ1n) is 5.27. The maximum absolute atomic E-state index is 11.3. The predicted molar refractivity (Wildman–Crippen MR) is 61.2 cm³/mol. The lowest BCUT2D eigenvalue weighted by molar-refractivity contribution is -0.142. The predicted octanol–water partition coefficient (Wildman–Crippen LogP) is 0.177. The molecule has 0 aromatic rings. The minimum atomic E-state index is -3.57. The van der Waals surface area contributed by atoms with Gasteiger partial charge >= 0.3 is 5.97 Å². The highest BCUT2D eigenvalue weighted by Gasteiger charge is 2.23. The van der Waals surface area contributed by atoms with E-state index in [4.69, 9.17) is 5.11 Å². The standard InChI is InChI=1S/C9H20N2O4S/c1-4-5-10-16(14,15)11-6-8(7(2)3)9(12)13/h7-8,10-11H,4-6H2,1-3H3,(H,12,13). The van der Waals surface area contributed by atoms with E-state index in [2.05, 4.69) is 9.44 Å². The van der Waals surface area contributed by atoms with Gasteiger partial charge in [0.1, 0.15) is 0 Å². The molecule has 1 atom stereocenters. The molecule has 7 heteroatoms. The van der Waals surface area contributed by atoms with Crippen LogP contribution in [-0.2, 0) is 15.0 Å². The average Bonchev–Trinajstić information content (AvgIpc) is 2.13. The van der Waals surface area contributed by atoms with E-state index in [0.717, 1.165) is 0 Å². The summed E-state index contributed by atoms with van der Waals surface area (Å²) in [5.41, 5.74) is 0. The van der Waals surface area contributed by atoms with E-state index in [1.165, 1.54) is 0 Å². The molecule has 0 saturated heterocycles. The Bertz CT molecular complexity index is 313. The Labute approximate surface area is 96.6 Å². The molecule has 0 bridgehead atoms. The lowest BCUT2D eigenvalue weighted by Gasteiger charge is -2.16. The van der Waals surface area contributed by atoms with Crippen LogP contribution in [0.5, 0.6) is 0 Å². The summed E-state index contributed by atoms with van der Waals surface area (Å²) in [7, 11) is -3.57. The molecule has 0 radical (unpaired) electrons. The summed E-state index contributed by atoms with van der Waals surface area (Å²) >= 11 is 0. The summed E-state index contributed by atoms with van der Waals surface area (Å²) in [6, 6.07) is 0. The summed E-state index contributed by atoms with van der Waals surface area (Å²) in [6.07, 6.45) is 0.688. The van der Waals surface area contributed by atoms with Crippen molar-refractivity contribution in [3.8, 4) is 0 Å². The van der Waals surface area contributed by atoms with E-state index < -0.39 is 22.1 Å². The average molecular weight is 252 g/mol.